The molecule has 0 heterocycles. The Morgan fingerprint density at radius 3 is 2.69 bits per heavy atom. The highest BCUT2D eigenvalue weighted by Crippen LogP contribution is 2.65. The average molecular weight is 481 g/mol. The summed E-state index contributed by atoms with van der Waals surface area (Å²) in [6, 6.07) is 7.00. The fourth-order valence-corrected chi connectivity index (χ4v) is 7.85. The minimum Gasteiger partial charge on any atom is -0.508 e. The number of hydrogen-bond acceptors (Lipinski definition) is 5. The van der Waals surface area contributed by atoms with Gasteiger partial charge in [0.25, 0.3) is 5.91 Å². The third-order valence-electron chi connectivity index (χ3n) is 9.98. The zero-order valence-electron chi connectivity index (χ0n) is 21.1. The molecule has 6 atom stereocenters. The Hall–Kier alpha value is -2.34. The second-order valence-electron chi connectivity index (χ2n) is 11.8. The summed E-state index contributed by atoms with van der Waals surface area (Å²) in [7, 11) is 0. The maximum absolute atomic E-state index is 12.1. The molecular formula is C29H40N2O4. The number of rotatable bonds is 6. The summed E-state index contributed by atoms with van der Waals surface area (Å²) in [5.41, 5.74) is 3.86. The van der Waals surface area contributed by atoms with Crippen molar-refractivity contribution in [3.8, 4) is 5.75 Å². The Labute approximate surface area is 208 Å². The van der Waals surface area contributed by atoms with E-state index in [9.17, 15) is 15.0 Å². The molecule has 0 spiro atoms. The van der Waals surface area contributed by atoms with Crippen molar-refractivity contribution in [2.24, 2.45) is 33.7 Å². The number of amides is 1. The molecule has 0 radical (unpaired) electrons. The number of nitrogens with one attached hydrogen (secondary N) is 1. The van der Waals surface area contributed by atoms with Crippen LogP contribution in [-0.2, 0) is 16.1 Å². The number of benzene rings is 1. The molecule has 0 unspecified atom stereocenters. The number of aromatic hydroxyl groups is 1. The van der Waals surface area contributed by atoms with Crippen molar-refractivity contribution in [3.05, 3.63) is 41.5 Å². The Bertz CT molecular complexity index is 1000. The maximum Gasteiger partial charge on any atom is 0.260 e. The minimum absolute atomic E-state index is 0.0766. The van der Waals surface area contributed by atoms with Crippen molar-refractivity contribution in [2.75, 3.05) is 13.2 Å². The van der Waals surface area contributed by atoms with E-state index < -0.39 is 0 Å². The molecule has 0 aromatic heterocycles. The first-order chi connectivity index (χ1) is 16.8. The summed E-state index contributed by atoms with van der Waals surface area (Å²) in [5, 5.41) is 27.2. The second kappa shape index (κ2) is 9.61. The van der Waals surface area contributed by atoms with Crippen molar-refractivity contribution in [2.45, 2.75) is 77.7 Å². The van der Waals surface area contributed by atoms with E-state index >= 15 is 0 Å². The molecule has 5 rings (SSSR count). The van der Waals surface area contributed by atoms with Gasteiger partial charge in [-0.2, -0.15) is 0 Å². The largest absolute Gasteiger partial charge is 0.508 e. The lowest BCUT2D eigenvalue weighted by atomic mass is 9.47. The van der Waals surface area contributed by atoms with Crippen LogP contribution < -0.4 is 5.32 Å². The van der Waals surface area contributed by atoms with Crippen LogP contribution in [0.1, 0.15) is 70.8 Å². The molecule has 3 fully saturated rings. The van der Waals surface area contributed by atoms with Crippen molar-refractivity contribution in [3.63, 3.8) is 0 Å². The Kier molecular flexibility index (Phi) is 6.69. The number of carbonyl (C=O) groups excluding carboxylic acids is 1. The van der Waals surface area contributed by atoms with Gasteiger partial charge in [-0.15, -0.1) is 0 Å². The number of phenolic OH excluding ortho intramolecular Hbond substituents is 1. The van der Waals surface area contributed by atoms with Crippen LogP contribution in [0.3, 0.4) is 0 Å². The van der Waals surface area contributed by atoms with E-state index in [1.165, 1.54) is 24.8 Å². The quantitative estimate of drug-likeness (QED) is 0.513. The first kappa shape index (κ1) is 24.4. The van der Waals surface area contributed by atoms with Gasteiger partial charge in [0.1, 0.15) is 5.75 Å². The van der Waals surface area contributed by atoms with Gasteiger partial charge in [-0.3, -0.25) is 4.79 Å². The molecule has 0 bridgehead atoms. The molecule has 1 aromatic rings. The summed E-state index contributed by atoms with van der Waals surface area (Å²) >= 11 is 0. The third-order valence-corrected chi connectivity index (χ3v) is 9.98. The molecule has 3 N–H and O–H groups in total. The van der Waals surface area contributed by atoms with E-state index in [2.05, 4.69) is 30.4 Å². The number of hydrogen-bond donors (Lipinski definition) is 3. The summed E-state index contributed by atoms with van der Waals surface area (Å²) < 4.78 is 0. The highest BCUT2D eigenvalue weighted by Gasteiger charge is 2.58. The van der Waals surface area contributed by atoms with Crippen LogP contribution in [0.15, 0.2) is 41.1 Å². The topological polar surface area (TPSA) is 91.2 Å². The SMILES string of the molecule is C[C@]12CC[C@H]3[C@@H](CCC4=C/C(=N\OCC(=O)NCCc5ccc(O)cc5)CC[C@@]43C)[C@@H]1CC[C@H]2O. The number of oxime groups is 1. The number of carbonyl (C=O) groups is 1. The van der Waals surface area contributed by atoms with Gasteiger partial charge in [-0.25, -0.2) is 0 Å². The Morgan fingerprint density at radius 2 is 1.89 bits per heavy atom. The van der Waals surface area contributed by atoms with Crippen LogP contribution in [0.5, 0.6) is 5.75 Å². The molecule has 1 amide bonds. The van der Waals surface area contributed by atoms with Crippen molar-refractivity contribution < 1.29 is 19.8 Å². The van der Waals surface area contributed by atoms with Gasteiger partial charge in [0.15, 0.2) is 6.61 Å². The minimum atomic E-state index is -0.175. The first-order valence-corrected chi connectivity index (χ1v) is 13.4. The summed E-state index contributed by atoms with van der Waals surface area (Å²) in [6.45, 7) is 5.24. The monoisotopic (exact) mass is 480 g/mol. The van der Waals surface area contributed by atoms with Crippen molar-refractivity contribution in [1.82, 2.24) is 5.32 Å². The lowest BCUT2D eigenvalue weighted by Gasteiger charge is -2.57. The van der Waals surface area contributed by atoms with Crippen molar-refractivity contribution >= 4 is 11.6 Å². The molecule has 6 nitrogen and oxygen atoms in total. The number of aliphatic hydroxyl groups is 1. The Morgan fingerprint density at radius 1 is 1.09 bits per heavy atom. The standard InChI is InChI=1S/C29H40N2O4/c1-28-14-11-21(31-35-18-27(34)30-16-13-19-3-6-22(32)7-4-19)17-20(28)5-8-23-24-9-10-26(33)29(24,2)15-12-25(23)28/h3-4,6-7,17,23-26,32-33H,5,8-16,18H2,1-2H3,(H,30,34)/b31-21-/t23-,24-,25-,26+,28-,29-/m0/s1. The van der Waals surface area contributed by atoms with Crippen LogP contribution in [-0.4, -0.2) is 41.1 Å². The van der Waals surface area contributed by atoms with Gasteiger partial charge in [0.2, 0.25) is 0 Å². The Balaban J connectivity index is 1.14. The average Bonchev–Trinajstić information content (AvgIpc) is 3.15. The summed E-state index contributed by atoms with van der Waals surface area (Å²) in [5.74, 6) is 2.17. The zero-order valence-corrected chi connectivity index (χ0v) is 21.1. The number of nitrogens with zero attached hydrogens (tertiary/aromatic N) is 1. The number of aliphatic hydroxyl groups excluding tert-OH is 1. The van der Waals surface area contributed by atoms with E-state index in [1.54, 1.807) is 12.1 Å². The molecule has 35 heavy (non-hydrogen) atoms. The van der Waals surface area contributed by atoms with E-state index in [4.69, 9.17) is 4.84 Å². The zero-order chi connectivity index (χ0) is 24.6. The van der Waals surface area contributed by atoms with E-state index in [0.29, 0.717) is 24.8 Å². The third kappa shape index (κ3) is 4.62. The van der Waals surface area contributed by atoms with Gasteiger partial charge in [-0.1, -0.05) is 36.7 Å². The smallest absolute Gasteiger partial charge is 0.260 e. The lowest BCUT2D eigenvalue weighted by Crippen LogP contribution is -2.51. The first-order valence-electron chi connectivity index (χ1n) is 13.4. The second-order valence-corrected chi connectivity index (χ2v) is 11.8. The number of allylic oxidation sites excluding steroid dienone is 2. The fourth-order valence-electron chi connectivity index (χ4n) is 7.85. The predicted molar refractivity (Wildman–Crippen MR) is 136 cm³/mol. The van der Waals surface area contributed by atoms with Gasteiger partial charge < -0.3 is 20.4 Å². The molecule has 4 aliphatic rings. The van der Waals surface area contributed by atoms with E-state index in [1.807, 2.05) is 12.1 Å². The normalized spacial score (nSPS) is 37.1. The lowest BCUT2D eigenvalue weighted by molar-refractivity contribution is -0.125. The van der Waals surface area contributed by atoms with E-state index in [-0.39, 0.29) is 35.2 Å². The summed E-state index contributed by atoms with van der Waals surface area (Å²) in [4.78, 5) is 17.6. The van der Waals surface area contributed by atoms with Gasteiger partial charge in [0, 0.05) is 6.54 Å². The maximum atomic E-state index is 12.1. The molecule has 190 valence electrons. The fraction of sp³-hybridized carbons (Fsp3) is 0.655. The van der Waals surface area contributed by atoms with Gasteiger partial charge in [0.05, 0.1) is 11.8 Å². The summed E-state index contributed by atoms with van der Waals surface area (Å²) in [6.07, 6.45) is 11.7. The molecular weight excluding hydrogens is 440 g/mol. The molecule has 1 aromatic carbocycles. The van der Waals surface area contributed by atoms with Crippen LogP contribution in [0, 0.1) is 28.6 Å². The number of phenols is 1. The molecule has 6 heteroatoms. The van der Waals surface area contributed by atoms with Crippen LogP contribution in [0.4, 0.5) is 0 Å². The number of fused-ring (bicyclic) bond motifs is 5. The highest BCUT2D eigenvalue weighted by molar-refractivity contribution is 5.96. The molecule has 0 aliphatic heterocycles. The van der Waals surface area contributed by atoms with Crippen LogP contribution in [0.25, 0.3) is 0 Å². The molecule has 3 saturated carbocycles. The van der Waals surface area contributed by atoms with Crippen molar-refractivity contribution in [1.29, 1.82) is 0 Å². The molecule has 0 saturated heterocycles. The highest BCUT2D eigenvalue weighted by atomic mass is 16.6. The van der Waals surface area contributed by atoms with Gasteiger partial charge in [-0.05, 0) is 110 Å². The van der Waals surface area contributed by atoms with Crippen LogP contribution >= 0.6 is 0 Å². The van der Waals surface area contributed by atoms with Gasteiger partial charge >= 0.3 is 0 Å². The molecule has 4 aliphatic carbocycles. The van der Waals surface area contributed by atoms with Crippen LogP contribution in [0.2, 0.25) is 0 Å². The van der Waals surface area contributed by atoms with E-state index in [0.717, 1.165) is 49.3 Å². The predicted octanol–water partition coefficient (Wildman–Crippen LogP) is 4.75.